The minimum Gasteiger partial charge on any atom is -0.361 e. The minimum absolute atomic E-state index is 0.0147. The van der Waals surface area contributed by atoms with Gasteiger partial charge in [-0.2, -0.15) is 0 Å². The zero-order chi connectivity index (χ0) is 17.2. The average molecular weight is 333 g/mol. The molecule has 0 aliphatic carbocycles. The number of benzene rings is 2. The normalized spacial score (nSPS) is 16.3. The zero-order valence-electron chi connectivity index (χ0n) is 13.7. The number of nitrogens with one attached hydrogen (secondary N) is 3. The van der Waals surface area contributed by atoms with E-state index in [2.05, 4.69) is 15.6 Å². The first kappa shape index (κ1) is 15.4. The molecule has 1 aliphatic heterocycles. The third kappa shape index (κ3) is 3.01. The van der Waals surface area contributed by atoms with Gasteiger partial charge < -0.3 is 15.6 Å². The summed E-state index contributed by atoms with van der Waals surface area (Å²) in [6.45, 7) is 1.06. The maximum Gasteiger partial charge on any atom is 0.251 e. The van der Waals surface area contributed by atoms with Crippen molar-refractivity contribution in [2.45, 2.75) is 12.3 Å². The lowest BCUT2D eigenvalue weighted by molar-refractivity contribution is -0.120. The van der Waals surface area contributed by atoms with Crippen LogP contribution in [-0.2, 0) is 11.2 Å². The molecule has 2 aromatic carbocycles. The highest BCUT2D eigenvalue weighted by Crippen LogP contribution is 2.23. The molecule has 5 heteroatoms. The molecule has 2 amide bonds. The Balaban J connectivity index is 1.43. The Kier molecular flexibility index (Phi) is 3.98. The smallest absolute Gasteiger partial charge is 0.251 e. The Hall–Kier alpha value is -3.08. The average Bonchev–Trinajstić information content (AvgIpc) is 3.04. The molecule has 0 saturated heterocycles. The lowest BCUT2D eigenvalue weighted by Crippen LogP contribution is -2.40. The van der Waals surface area contributed by atoms with Crippen molar-refractivity contribution in [1.29, 1.82) is 0 Å². The van der Waals surface area contributed by atoms with Crippen LogP contribution in [0.25, 0.3) is 10.9 Å². The Labute approximate surface area is 145 Å². The van der Waals surface area contributed by atoms with E-state index < -0.39 is 0 Å². The van der Waals surface area contributed by atoms with Crippen molar-refractivity contribution in [1.82, 2.24) is 15.6 Å². The number of H-pyrrole nitrogens is 1. The van der Waals surface area contributed by atoms with E-state index in [4.69, 9.17) is 0 Å². The first-order valence-corrected chi connectivity index (χ1v) is 8.41. The van der Waals surface area contributed by atoms with Gasteiger partial charge in [0.25, 0.3) is 5.91 Å². The van der Waals surface area contributed by atoms with Crippen LogP contribution in [0.1, 0.15) is 27.4 Å². The highest BCUT2D eigenvalue weighted by Gasteiger charge is 2.25. The van der Waals surface area contributed by atoms with Crippen LogP contribution in [0.5, 0.6) is 0 Å². The third-order valence-corrected chi connectivity index (χ3v) is 4.73. The van der Waals surface area contributed by atoms with Gasteiger partial charge in [0, 0.05) is 41.7 Å². The molecule has 3 aromatic rings. The van der Waals surface area contributed by atoms with Crippen LogP contribution in [0.2, 0.25) is 0 Å². The fraction of sp³-hybridized carbons (Fsp3) is 0.200. The molecule has 1 aromatic heterocycles. The van der Waals surface area contributed by atoms with Crippen molar-refractivity contribution < 1.29 is 9.59 Å². The number of rotatable bonds is 4. The number of fused-ring (bicyclic) bond motifs is 2. The molecule has 25 heavy (non-hydrogen) atoms. The lowest BCUT2D eigenvalue weighted by atomic mass is 9.90. The predicted molar refractivity (Wildman–Crippen MR) is 96.5 cm³/mol. The van der Waals surface area contributed by atoms with Crippen molar-refractivity contribution in [3.8, 4) is 0 Å². The van der Waals surface area contributed by atoms with E-state index in [1.807, 2.05) is 54.7 Å². The van der Waals surface area contributed by atoms with E-state index in [0.717, 1.165) is 22.0 Å². The molecule has 2 heterocycles. The van der Waals surface area contributed by atoms with Crippen LogP contribution >= 0.6 is 0 Å². The first-order valence-electron chi connectivity index (χ1n) is 8.41. The number of aromatic nitrogens is 1. The van der Waals surface area contributed by atoms with Crippen molar-refractivity contribution >= 4 is 22.7 Å². The van der Waals surface area contributed by atoms with E-state index in [1.165, 1.54) is 0 Å². The number of para-hydroxylation sites is 1. The molecule has 0 saturated carbocycles. The van der Waals surface area contributed by atoms with Gasteiger partial charge in [0.2, 0.25) is 5.91 Å². The van der Waals surface area contributed by atoms with Crippen LogP contribution in [0.15, 0.2) is 54.7 Å². The molecular weight excluding hydrogens is 314 g/mol. The molecule has 0 radical (unpaired) electrons. The van der Waals surface area contributed by atoms with Gasteiger partial charge in [0.1, 0.15) is 0 Å². The highest BCUT2D eigenvalue weighted by atomic mass is 16.2. The molecule has 0 fully saturated rings. The van der Waals surface area contributed by atoms with Crippen molar-refractivity contribution in [3.63, 3.8) is 0 Å². The van der Waals surface area contributed by atoms with Gasteiger partial charge in [-0.05, 0) is 23.3 Å². The standard InChI is InChI=1S/C20H19N3O2/c24-19(9-13-10-21-18-8-4-3-6-16(13)18)22-11-14-12-23-20(25)17-7-2-1-5-15(14)17/h1-8,10,14,21H,9,11-12H2,(H,22,24)(H,23,25). The first-order chi connectivity index (χ1) is 12.2. The molecule has 4 rings (SSSR count). The number of amides is 2. The summed E-state index contributed by atoms with van der Waals surface area (Å²) in [5, 5.41) is 6.97. The maximum atomic E-state index is 12.4. The second-order valence-corrected chi connectivity index (χ2v) is 6.33. The molecule has 3 N–H and O–H groups in total. The van der Waals surface area contributed by atoms with Crippen molar-refractivity contribution in [2.75, 3.05) is 13.1 Å². The molecule has 1 atom stereocenters. The molecule has 126 valence electrons. The lowest BCUT2D eigenvalue weighted by Gasteiger charge is -2.25. The number of carbonyl (C=O) groups is 2. The van der Waals surface area contributed by atoms with E-state index >= 15 is 0 Å². The SMILES string of the molecule is O=C(Cc1c[nH]c2ccccc12)NCC1CNC(=O)c2ccccc21. The summed E-state index contributed by atoms with van der Waals surface area (Å²) in [5.41, 5.74) is 3.72. The Morgan fingerprint density at radius 1 is 1.12 bits per heavy atom. The summed E-state index contributed by atoms with van der Waals surface area (Å²) in [7, 11) is 0. The molecular formula is C20H19N3O2. The fourth-order valence-electron chi connectivity index (χ4n) is 3.41. The van der Waals surface area contributed by atoms with Gasteiger partial charge in [-0.25, -0.2) is 0 Å². The summed E-state index contributed by atoms with van der Waals surface area (Å²) in [6, 6.07) is 15.5. The number of hydrogen-bond donors (Lipinski definition) is 3. The van der Waals surface area contributed by atoms with Crippen LogP contribution in [0, 0.1) is 0 Å². The summed E-state index contributed by atoms with van der Waals surface area (Å²) < 4.78 is 0. The fourth-order valence-corrected chi connectivity index (χ4v) is 3.41. The second-order valence-electron chi connectivity index (χ2n) is 6.33. The maximum absolute atomic E-state index is 12.4. The summed E-state index contributed by atoms with van der Waals surface area (Å²) in [4.78, 5) is 27.5. The van der Waals surface area contributed by atoms with Crippen LogP contribution in [-0.4, -0.2) is 29.9 Å². The van der Waals surface area contributed by atoms with Crippen molar-refractivity contribution in [3.05, 3.63) is 71.4 Å². The topological polar surface area (TPSA) is 74.0 Å². The van der Waals surface area contributed by atoms with Crippen LogP contribution in [0.3, 0.4) is 0 Å². The molecule has 1 unspecified atom stereocenters. The summed E-state index contributed by atoms with van der Waals surface area (Å²) >= 11 is 0. The quantitative estimate of drug-likeness (QED) is 0.686. The molecule has 0 spiro atoms. The third-order valence-electron chi connectivity index (χ3n) is 4.73. The van der Waals surface area contributed by atoms with Gasteiger partial charge in [-0.1, -0.05) is 36.4 Å². The van der Waals surface area contributed by atoms with E-state index in [9.17, 15) is 9.59 Å². The molecule has 0 bridgehead atoms. The summed E-state index contributed by atoms with van der Waals surface area (Å²) in [6.07, 6.45) is 2.23. The number of carbonyl (C=O) groups excluding carboxylic acids is 2. The zero-order valence-corrected chi connectivity index (χ0v) is 13.7. The van der Waals surface area contributed by atoms with Gasteiger partial charge in [0.15, 0.2) is 0 Å². The monoisotopic (exact) mass is 333 g/mol. The predicted octanol–water partition coefficient (Wildman–Crippen LogP) is 2.35. The summed E-state index contributed by atoms with van der Waals surface area (Å²) in [5.74, 6) is 0.0388. The minimum atomic E-state index is -0.0445. The Morgan fingerprint density at radius 2 is 1.92 bits per heavy atom. The number of aromatic amines is 1. The Morgan fingerprint density at radius 3 is 2.84 bits per heavy atom. The van der Waals surface area contributed by atoms with Crippen LogP contribution in [0.4, 0.5) is 0 Å². The highest BCUT2D eigenvalue weighted by molar-refractivity contribution is 5.97. The van der Waals surface area contributed by atoms with Gasteiger partial charge >= 0.3 is 0 Å². The largest absolute Gasteiger partial charge is 0.361 e. The van der Waals surface area contributed by atoms with E-state index in [1.54, 1.807) is 0 Å². The van der Waals surface area contributed by atoms with Crippen molar-refractivity contribution in [2.24, 2.45) is 0 Å². The van der Waals surface area contributed by atoms with E-state index in [-0.39, 0.29) is 17.7 Å². The molecule has 5 nitrogen and oxygen atoms in total. The van der Waals surface area contributed by atoms with Gasteiger partial charge in [-0.15, -0.1) is 0 Å². The van der Waals surface area contributed by atoms with Crippen LogP contribution < -0.4 is 10.6 Å². The van der Waals surface area contributed by atoms with E-state index in [0.29, 0.717) is 25.1 Å². The van der Waals surface area contributed by atoms with Gasteiger partial charge in [-0.3, -0.25) is 9.59 Å². The second kappa shape index (κ2) is 6.43. The number of hydrogen-bond acceptors (Lipinski definition) is 2. The molecule has 1 aliphatic rings. The van der Waals surface area contributed by atoms with Gasteiger partial charge in [0.05, 0.1) is 6.42 Å². The Bertz CT molecular complexity index is 945.